The van der Waals surface area contributed by atoms with Crippen LogP contribution in [0.1, 0.15) is 46.5 Å². The summed E-state index contributed by atoms with van der Waals surface area (Å²) >= 11 is 0. The molecule has 0 fully saturated rings. The lowest BCUT2D eigenvalue weighted by Crippen LogP contribution is -2.49. The van der Waals surface area contributed by atoms with Crippen LogP contribution in [-0.4, -0.2) is 31.5 Å². The standard InChI is InChI=1S/C12H24F3NO/c1-5-11(3,17-6-2)10(16-4)8-7-9-12(13,14)15/h10,16H,5-9H2,1-4H3. The van der Waals surface area contributed by atoms with Gasteiger partial charge >= 0.3 is 6.18 Å². The second-order valence-electron chi connectivity index (χ2n) is 4.45. The molecule has 17 heavy (non-hydrogen) atoms. The van der Waals surface area contributed by atoms with Gasteiger partial charge in [0.2, 0.25) is 0 Å². The zero-order valence-electron chi connectivity index (χ0n) is 11.2. The summed E-state index contributed by atoms with van der Waals surface area (Å²) in [5.41, 5.74) is -0.394. The van der Waals surface area contributed by atoms with Gasteiger partial charge in [-0.2, -0.15) is 13.2 Å². The first kappa shape index (κ1) is 16.7. The predicted octanol–water partition coefficient (Wildman–Crippen LogP) is 3.51. The lowest BCUT2D eigenvalue weighted by molar-refractivity contribution is -0.137. The van der Waals surface area contributed by atoms with Crippen molar-refractivity contribution in [3.05, 3.63) is 0 Å². The monoisotopic (exact) mass is 255 g/mol. The number of ether oxygens (including phenoxy) is 1. The fourth-order valence-corrected chi connectivity index (χ4v) is 2.04. The van der Waals surface area contributed by atoms with Gasteiger partial charge in [0, 0.05) is 19.1 Å². The summed E-state index contributed by atoms with van der Waals surface area (Å²) < 4.78 is 41.9. The van der Waals surface area contributed by atoms with Crippen LogP contribution >= 0.6 is 0 Å². The Morgan fingerprint density at radius 2 is 1.82 bits per heavy atom. The molecule has 5 heteroatoms. The summed E-state index contributed by atoms with van der Waals surface area (Å²) in [6.07, 6.45) is -3.40. The Morgan fingerprint density at radius 1 is 1.24 bits per heavy atom. The first-order valence-corrected chi connectivity index (χ1v) is 6.17. The molecule has 0 saturated carbocycles. The Kier molecular flexibility index (Phi) is 7.09. The SMILES string of the molecule is CCOC(C)(CC)C(CCCC(F)(F)F)NC. The average Bonchev–Trinajstić information content (AvgIpc) is 2.23. The molecule has 2 nitrogen and oxygen atoms in total. The molecule has 0 aromatic heterocycles. The molecule has 0 aliphatic carbocycles. The number of halogens is 3. The minimum atomic E-state index is -4.06. The Balaban J connectivity index is 4.30. The molecule has 0 bridgehead atoms. The van der Waals surface area contributed by atoms with Crippen molar-refractivity contribution in [1.29, 1.82) is 0 Å². The fraction of sp³-hybridized carbons (Fsp3) is 1.00. The molecule has 0 heterocycles. The Hall–Kier alpha value is -0.290. The second kappa shape index (κ2) is 7.21. The summed E-state index contributed by atoms with van der Waals surface area (Å²) in [5.74, 6) is 0. The molecule has 0 aromatic rings. The van der Waals surface area contributed by atoms with E-state index in [2.05, 4.69) is 5.32 Å². The molecule has 0 radical (unpaired) electrons. The van der Waals surface area contributed by atoms with Crippen molar-refractivity contribution in [1.82, 2.24) is 5.32 Å². The van der Waals surface area contributed by atoms with Crippen LogP contribution in [0.15, 0.2) is 0 Å². The van der Waals surface area contributed by atoms with E-state index in [0.717, 1.165) is 6.42 Å². The van der Waals surface area contributed by atoms with Gasteiger partial charge < -0.3 is 10.1 Å². The smallest absolute Gasteiger partial charge is 0.374 e. The number of rotatable bonds is 8. The molecule has 2 atom stereocenters. The van der Waals surface area contributed by atoms with E-state index in [9.17, 15) is 13.2 Å². The van der Waals surface area contributed by atoms with Crippen LogP contribution in [0.4, 0.5) is 13.2 Å². The van der Waals surface area contributed by atoms with E-state index in [1.165, 1.54) is 0 Å². The third kappa shape index (κ3) is 6.27. The van der Waals surface area contributed by atoms with E-state index in [1.807, 2.05) is 20.8 Å². The van der Waals surface area contributed by atoms with Crippen LogP contribution in [0.5, 0.6) is 0 Å². The fourth-order valence-electron chi connectivity index (χ4n) is 2.04. The zero-order chi connectivity index (χ0) is 13.5. The average molecular weight is 255 g/mol. The highest BCUT2D eigenvalue weighted by molar-refractivity contribution is 4.87. The Bertz CT molecular complexity index is 208. The first-order valence-electron chi connectivity index (χ1n) is 6.17. The van der Waals surface area contributed by atoms with Crippen molar-refractivity contribution in [2.24, 2.45) is 0 Å². The van der Waals surface area contributed by atoms with Gasteiger partial charge in [-0.1, -0.05) is 6.92 Å². The lowest BCUT2D eigenvalue weighted by atomic mass is 9.89. The molecule has 104 valence electrons. The van der Waals surface area contributed by atoms with E-state index < -0.39 is 18.2 Å². The number of hydrogen-bond acceptors (Lipinski definition) is 2. The maximum absolute atomic E-state index is 12.1. The molecule has 0 rings (SSSR count). The largest absolute Gasteiger partial charge is 0.389 e. The van der Waals surface area contributed by atoms with Crippen molar-refractivity contribution in [2.45, 2.75) is 64.3 Å². The van der Waals surface area contributed by atoms with Crippen molar-refractivity contribution in [2.75, 3.05) is 13.7 Å². The number of nitrogens with one attached hydrogen (secondary N) is 1. The number of hydrogen-bond donors (Lipinski definition) is 1. The van der Waals surface area contributed by atoms with Crippen molar-refractivity contribution >= 4 is 0 Å². The maximum atomic E-state index is 12.1. The van der Waals surface area contributed by atoms with Gasteiger partial charge in [0.05, 0.1) is 5.60 Å². The van der Waals surface area contributed by atoms with E-state index in [1.54, 1.807) is 7.05 Å². The van der Waals surface area contributed by atoms with Crippen LogP contribution in [-0.2, 0) is 4.74 Å². The van der Waals surface area contributed by atoms with E-state index in [4.69, 9.17) is 4.74 Å². The molecule has 0 aliphatic rings. The van der Waals surface area contributed by atoms with Gasteiger partial charge in [0.25, 0.3) is 0 Å². The minimum absolute atomic E-state index is 0.0465. The molecular formula is C12H24F3NO. The number of alkyl halides is 3. The molecule has 0 spiro atoms. The lowest BCUT2D eigenvalue weighted by Gasteiger charge is -2.37. The normalized spacial score (nSPS) is 17.8. The molecule has 0 aromatic carbocycles. The Morgan fingerprint density at radius 3 is 2.18 bits per heavy atom. The molecule has 1 N–H and O–H groups in total. The quantitative estimate of drug-likeness (QED) is 0.716. The first-order chi connectivity index (χ1) is 7.79. The van der Waals surface area contributed by atoms with Crippen molar-refractivity contribution in [3.63, 3.8) is 0 Å². The maximum Gasteiger partial charge on any atom is 0.389 e. The van der Waals surface area contributed by atoms with Crippen molar-refractivity contribution in [3.8, 4) is 0 Å². The third-order valence-electron chi connectivity index (χ3n) is 3.21. The van der Waals surface area contributed by atoms with Crippen LogP contribution in [0.2, 0.25) is 0 Å². The summed E-state index contributed by atoms with van der Waals surface area (Å²) in [6.45, 7) is 6.41. The topological polar surface area (TPSA) is 21.3 Å². The third-order valence-corrected chi connectivity index (χ3v) is 3.21. The van der Waals surface area contributed by atoms with E-state index in [-0.39, 0.29) is 12.5 Å². The van der Waals surface area contributed by atoms with E-state index in [0.29, 0.717) is 13.0 Å². The predicted molar refractivity (Wildman–Crippen MR) is 63.1 cm³/mol. The molecule has 0 saturated heterocycles. The summed E-state index contributed by atoms with van der Waals surface area (Å²) in [7, 11) is 1.77. The summed E-state index contributed by atoms with van der Waals surface area (Å²) in [6, 6.07) is -0.0465. The van der Waals surface area contributed by atoms with Crippen LogP contribution in [0.25, 0.3) is 0 Å². The second-order valence-corrected chi connectivity index (χ2v) is 4.45. The van der Waals surface area contributed by atoms with Gasteiger partial charge in [0.1, 0.15) is 0 Å². The van der Waals surface area contributed by atoms with Crippen LogP contribution in [0, 0.1) is 0 Å². The molecule has 0 aliphatic heterocycles. The number of likely N-dealkylation sites (N-methyl/N-ethyl adjacent to an activating group) is 1. The highest BCUT2D eigenvalue weighted by Crippen LogP contribution is 2.27. The van der Waals surface area contributed by atoms with Crippen LogP contribution in [0.3, 0.4) is 0 Å². The summed E-state index contributed by atoms with van der Waals surface area (Å²) in [5, 5.41) is 3.07. The molecule has 2 unspecified atom stereocenters. The summed E-state index contributed by atoms with van der Waals surface area (Å²) in [4.78, 5) is 0. The molecule has 0 amide bonds. The van der Waals surface area contributed by atoms with Gasteiger partial charge in [-0.15, -0.1) is 0 Å². The van der Waals surface area contributed by atoms with E-state index >= 15 is 0 Å². The highest BCUT2D eigenvalue weighted by Gasteiger charge is 2.33. The van der Waals surface area contributed by atoms with Gasteiger partial charge in [-0.3, -0.25) is 0 Å². The van der Waals surface area contributed by atoms with Gasteiger partial charge in [-0.05, 0) is 40.2 Å². The molecular weight excluding hydrogens is 231 g/mol. The highest BCUT2D eigenvalue weighted by atomic mass is 19.4. The van der Waals surface area contributed by atoms with Gasteiger partial charge in [0.15, 0.2) is 0 Å². The Labute approximate surface area is 102 Å². The van der Waals surface area contributed by atoms with Crippen LogP contribution < -0.4 is 5.32 Å². The van der Waals surface area contributed by atoms with Gasteiger partial charge in [-0.25, -0.2) is 0 Å². The minimum Gasteiger partial charge on any atom is -0.374 e. The zero-order valence-corrected chi connectivity index (χ0v) is 11.2. The van der Waals surface area contributed by atoms with Crippen molar-refractivity contribution < 1.29 is 17.9 Å².